The minimum atomic E-state index is -0.171. The van der Waals surface area contributed by atoms with Crippen molar-refractivity contribution in [3.63, 3.8) is 0 Å². The van der Waals surface area contributed by atoms with Crippen molar-refractivity contribution < 1.29 is 4.79 Å². The SMILES string of the molecule is CC(C)=NN(CC(=O)Nc1ccc(-c2cnccn2)cn1)C(C)CCc1ccnc(N(C)C)c1. The normalized spacial score (nSPS) is 11.4. The van der Waals surface area contributed by atoms with Crippen LogP contribution in [0.25, 0.3) is 11.3 Å². The summed E-state index contributed by atoms with van der Waals surface area (Å²) in [6.07, 6.45) is 10.2. The van der Waals surface area contributed by atoms with Gasteiger partial charge in [0.05, 0.1) is 11.9 Å². The molecular formula is C25H32N8O. The number of nitrogens with one attached hydrogen (secondary N) is 1. The highest BCUT2D eigenvalue weighted by Crippen LogP contribution is 2.17. The summed E-state index contributed by atoms with van der Waals surface area (Å²) in [6, 6.07) is 7.81. The Hall–Kier alpha value is -3.88. The van der Waals surface area contributed by atoms with Crippen LogP contribution < -0.4 is 10.2 Å². The van der Waals surface area contributed by atoms with Crippen LogP contribution in [0.1, 0.15) is 32.8 Å². The van der Waals surface area contributed by atoms with E-state index in [2.05, 4.69) is 43.3 Å². The molecule has 0 saturated heterocycles. The molecule has 1 atom stereocenters. The first kappa shape index (κ1) is 24.8. The zero-order valence-electron chi connectivity index (χ0n) is 20.4. The second-order valence-electron chi connectivity index (χ2n) is 8.52. The zero-order valence-corrected chi connectivity index (χ0v) is 20.4. The van der Waals surface area contributed by atoms with Gasteiger partial charge in [-0.15, -0.1) is 0 Å². The van der Waals surface area contributed by atoms with E-state index < -0.39 is 0 Å². The van der Waals surface area contributed by atoms with Gasteiger partial charge in [0, 0.05) is 56.2 Å². The fourth-order valence-electron chi connectivity index (χ4n) is 3.33. The maximum absolute atomic E-state index is 12.8. The van der Waals surface area contributed by atoms with E-state index in [9.17, 15) is 4.79 Å². The molecule has 0 fully saturated rings. The molecule has 3 heterocycles. The van der Waals surface area contributed by atoms with E-state index >= 15 is 0 Å². The van der Waals surface area contributed by atoms with Gasteiger partial charge in [-0.25, -0.2) is 9.97 Å². The number of pyridine rings is 2. The van der Waals surface area contributed by atoms with Crippen molar-refractivity contribution in [1.82, 2.24) is 24.9 Å². The summed E-state index contributed by atoms with van der Waals surface area (Å²) in [5, 5.41) is 9.31. The Labute approximate surface area is 201 Å². The third kappa shape index (κ3) is 7.33. The van der Waals surface area contributed by atoms with Crippen LogP contribution in [0.5, 0.6) is 0 Å². The van der Waals surface area contributed by atoms with E-state index in [4.69, 9.17) is 0 Å². The largest absolute Gasteiger partial charge is 0.363 e. The topological polar surface area (TPSA) is 99.5 Å². The summed E-state index contributed by atoms with van der Waals surface area (Å²) in [5.41, 5.74) is 3.66. The van der Waals surface area contributed by atoms with Crippen LogP contribution in [-0.2, 0) is 11.2 Å². The van der Waals surface area contributed by atoms with Crippen molar-refractivity contribution in [2.75, 3.05) is 30.9 Å². The monoisotopic (exact) mass is 460 g/mol. The van der Waals surface area contributed by atoms with Crippen molar-refractivity contribution in [1.29, 1.82) is 0 Å². The lowest BCUT2D eigenvalue weighted by Gasteiger charge is -2.26. The van der Waals surface area contributed by atoms with Gasteiger partial charge in [-0.05, 0) is 63.4 Å². The highest BCUT2D eigenvalue weighted by Gasteiger charge is 2.17. The molecular weight excluding hydrogens is 428 g/mol. The van der Waals surface area contributed by atoms with E-state index in [1.807, 2.05) is 56.2 Å². The van der Waals surface area contributed by atoms with E-state index in [-0.39, 0.29) is 18.5 Å². The fraction of sp³-hybridized carbons (Fsp3) is 0.360. The molecule has 1 amide bonds. The minimum absolute atomic E-state index is 0.0728. The highest BCUT2D eigenvalue weighted by atomic mass is 16.2. The molecule has 3 aromatic rings. The molecule has 3 rings (SSSR count). The van der Waals surface area contributed by atoms with Gasteiger partial charge in [0.15, 0.2) is 0 Å². The number of rotatable bonds is 10. The highest BCUT2D eigenvalue weighted by molar-refractivity contribution is 5.91. The summed E-state index contributed by atoms with van der Waals surface area (Å²) in [5.74, 6) is 1.24. The molecule has 34 heavy (non-hydrogen) atoms. The summed E-state index contributed by atoms with van der Waals surface area (Å²) in [6.45, 7) is 6.08. The summed E-state index contributed by atoms with van der Waals surface area (Å²) < 4.78 is 0. The number of aryl methyl sites for hydroxylation is 1. The number of anilines is 2. The molecule has 1 unspecified atom stereocenters. The fourth-order valence-corrected chi connectivity index (χ4v) is 3.33. The zero-order chi connectivity index (χ0) is 24.5. The summed E-state index contributed by atoms with van der Waals surface area (Å²) in [7, 11) is 3.96. The molecule has 0 radical (unpaired) electrons. The van der Waals surface area contributed by atoms with Crippen LogP contribution in [0.4, 0.5) is 11.6 Å². The lowest BCUT2D eigenvalue weighted by molar-refractivity contribution is -0.117. The molecule has 0 saturated carbocycles. The molecule has 0 bridgehead atoms. The summed E-state index contributed by atoms with van der Waals surface area (Å²) >= 11 is 0. The van der Waals surface area contributed by atoms with Gasteiger partial charge in [0.2, 0.25) is 5.91 Å². The van der Waals surface area contributed by atoms with Gasteiger partial charge in [0.1, 0.15) is 18.2 Å². The number of hydrogen-bond acceptors (Lipinski definition) is 8. The van der Waals surface area contributed by atoms with Crippen LogP contribution in [0.2, 0.25) is 0 Å². The molecule has 0 aliphatic heterocycles. The number of amides is 1. The van der Waals surface area contributed by atoms with E-state index in [0.29, 0.717) is 5.82 Å². The molecule has 9 heteroatoms. The van der Waals surface area contributed by atoms with Gasteiger partial charge < -0.3 is 10.2 Å². The average Bonchev–Trinajstić information content (AvgIpc) is 2.83. The van der Waals surface area contributed by atoms with Crippen molar-refractivity contribution in [2.24, 2.45) is 5.10 Å². The minimum Gasteiger partial charge on any atom is -0.363 e. The number of carbonyl (C=O) groups excluding carboxylic acids is 1. The van der Waals surface area contributed by atoms with Gasteiger partial charge in [-0.1, -0.05) is 0 Å². The molecule has 0 spiro atoms. The number of nitrogens with zero attached hydrogens (tertiary/aromatic N) is 7. The average molecular weight is 461 g/mol. The molecule has 9 nitrogen and oxygen atoms in total. The van der Waals surface area contributed by atoms with Crippen LogP contribution >= 0.6 is 0 Å². The van der Waals surface area contributed by atoms with Crippen LogP contribution in [0.3, 0.4) is 0 Å². The Morgan fingerprint density at radius 2 is 1.88 bits per heavy atom. The maximum atomic E-state index is 12.8. The van der Waals surface area contributed by atoms with Crippen molar-refractivity contribution in [3.05, 3.63) is 60.8 Å². The Morgan fingerprint density at radius 3 is 2.53 bits per heavy atom. The Kier molecular flexibility index (Phi) is 8.61. The standard InChI is InChI=1S/C25H32N8O/c1-18(2)31-33(19(3)6-7-20-10-11-28-24(14-20)32(4)5)17-25(34)30-23-9-8-21(15-29-23)22-16-26-12-13-27-22/h8-16,19H,6-7,17H2,1-5H3,(H,29,30,34). The smallest absolute Gasteiger partial charge is 0.246 e. The van der Waals surface area contributed by atoms with Crippen LogP contribution in [0.15, 0.2) is 60.4 Å². The predicted molar refractivity (Wildman–Crippen MR) is 136 cm³/mol. The predicted octanol–water partition coefficient (Wildman–Crippen LogP) is 3.66. The lowest BCUT2D eigenvalue weighted by Crippen LogP contribution is -2.36. The third-order valence-electron chi connectivity index (χ3n) is 5.15. The Balaban J connectivity index is 1.60. The first-order chi connectivity index (χ1) is 16.3. The number of carbonyl (C=O) groups is 1. The third-order valence-corrected chi connectivity index (χ3v) is 5.15. The number of hydrogen-bond donors (Lipinski definition) is 1. The second-order valence-corrected chi connectivity index (χ2v) is 8.52. The van der Waals surface area contributed by atoms with E-state index in [0.717, 1.165) is 35.6 Å². The van der Waals surface area contributed by atoms with Crippen molar-refractivity contribution in [3.8, 4) is 11.3 Å². The number of hydrazone groups is 1. The van der Waals surface area contributed by atoms with Gasteiger partial charge >= 0.3 is 0 Å². The molecule has 0 aromatic carbocycles. The first-order valence-corrected chi connectivity index (χ1v) is 11.2. The first-order valence-electron chi connectivity index (χ1n) is 11.2. The molecule has 178 valence electrons. The molecule has 1 N–H and O–H groups in total. The van der Waals surface area contributed by atoms with Gasteiger partial charge in [0.25, 0.3) is 0 Å². The molecule has 3 aromatic heterocycles. The van der Waals surface area contributed by atoms with E-state index in [1.54, 1.807) is 30.9 Å². The van der Waals surface area contributed by atoms with Crippen molar-refractivity contribution >= 4 is 23.3 Å². The Morgan fingerprint density at radius 1 is 1.06 bits per heavy atom. The van der Waals surface area contributed by atoms with Crippen molar-refractivity contribution in [2.45, 2.75) is 39.7 Å². The van der Waals surface area contributed by atoms with Crippen LogP contribution in [0, 0.1) is 0 Å². The van der Waals surface area contributed by atoms with Crippen LogP contribution in [-0.4, -0.2) is 63.2 Å². The molecule has 0 aliphatic carbocycles. The number of aromatic nitrogens is 4. The van der Waals surface area contributed by atoms with E-state index in [1.165, 1.54) is 5.56 Å². The second kappa shape index (κ2) is 11.8. The van der Waals surface area contributed by atoms with Gasteiger partial charge in [-0.2, -0.15) is 5.10 Å². The maximum Gasteiger partial charge on any atom is 0.246 e. The lowest BCUT2D eigenvalue weighted by atomic mass is 10.1. The Bertz CT molecular complexity index is 1100. The quantitative estimate of drug-likeness (QED) is 0.364. The van der Waals surface area contributed by atoms with Gasteiger partial charge in [-0.3, -0.25) is 19.8 Å². The summed E-state index contributed by atoms with van der Waals surface area (Å²) in [4.78, 5) is 31.8. The molecule has 0 aliphatic rings.